The molecule has 0 aromatic carbocycles. The Balaban J connectivity index is 2.71. The number of thioether (sulfide) groups is 1. The molecule has 0 saturated carbocycles. The van der Waals surface area contributed by atoms with Crippen molar-refractivity contribution in [3.05, 3.63) is 12.0 Å². The maximum atomic E-state index is 5.51. The molecule has 1 rings (SSSR count). The van der Waals surface area contributed by atoms with Crippen LogP contribution < -0.4 is 0 Å². The number of nitrogens with zero attached hydrogens (tertiary/aromatic N) is 1. The van der Waals surface area contributed by atoms with Crippen molar-refractivity contribution < 1.29 is 4.42 Å². The molecule has 0 unspecified atom stereocenters. The second-order valence-electron chi connectivity index (χ2n) is 3.73. The molecule has 1 heterocycles. The summed E-state index contributed by atoms with van der Waals surface area (Å²) < 4.78 is 5.51. The Morgan fingerprint density at radius 1 is 1.62 bits per heavy atom. The molecule has 0 aliphatic rings. The lowest BCUT2D eigenvalue weighted by atomic mass is 9.94. The van der Waals surface area contributed by atoms with Gasteiger partial charge in [0.2, 0.25) is 0 Å². The Hall–Kier alpha value is -0.880. The van der Waals surface area contributed by atoms with Crippen molar-refractivity contribution >= 4 is 11.8 Å². The van der Waals surface area contributed by atoms with E-state index in [0.717, 1.165) is 5.76 Å². The van der Waals surface area contributed by atoms with E-state index in [0.29, 0.717) is 11.0 Å². The first-order valence-electron chi connectivity index (χ1n) is 4.06. The number of rotatable bonds is 2. The molecule has 1 aromatic rings. The van der Waals surface area contributed by atoms with Crippen molar-refractivity contribution in [1.82, 2.24) is 4.98 Å². The van der Waals surface area contributed by atoms with Gasteiger partial charge in [-0.05, 0) is 0 Å². The fraction of sp³-hybridized carbons (Fsp3) is 0.500. The lowest BCUT2D eigenvalue weighted by Gasteiger charge is -2.12. The monoisotopic (exact) mass is 195 g/mol. The van der Waals surface area contributed by atoms with Crippen molar-refractivity contribution in [3.63, 3.8) is 0 Å². The largest absolute Gasteiger partial charge is 0.436 e. The molecule has 0 N–H and O–H groups in total. The highest BCUT2D eigenvalue weighted by Crippen LogP contribution is 2.26. The normalized spacial score (nSPS) is 11.2. The van der Waals surface area contributed by atoms with Crippen LogP contribution in [0.1, 0.15) is 26.5 Å². The minimum atomic E-state index is 0.0158. The third-order valence-electron chi connectivity index (χ3n) is 1.50. The van der Waals surface area contributed by atoms with Crippen molar-refractivity contribution in [2.24, 2.45) is 0 Å². The summed E-state index contributed by atoms with van der Waals surface area (Å²) in [5, 5.41) is 0.655. The highest BCUT2D eigenvalue weighted by atomic mass is 32.2. The number of hydrogen-bond acceptors (Lipinski definition) is 3. The second kappa shape index (κ2) is 3.89. The average Bonchev–Trinajstić information content (AvgIpc) is 2.47. The number of hydrogen-bond donors (Lipinski definition) is 0. The zero-order valence-electron chi connectivity index (χ0n) is 8.13. The number of aromatic nitrogens is 1. The van der Waals surface area contributed by atoms with Gasteiger partial charge in [-0.2, -0.15) is 0 Å². The van der Waals surface area contributed by atoms with Crippen molar-refractivity contribution in [3.8, 4) is 12.3 Å². The number of terminal acetylenes is 1. The SMILES string of the molecule is C#CCSc1ncc(C(C)(C)C)o1. The van der Waals surface area contributed by atoms with Gasteiger partial charge in [0.05, 0.1) is 11.9 Å². The fourth-order valence-electron chi connectivity index (χ4n) is 0.775. The highest BCUT2D eigenvalue weighted by molar-refractivity contribution is 7.99. The Bertz CT molecular complexity index is 316. The minimum Gasteiger partial charge on any atom is -0.436 e. The van der Waals surface area contributed by atoms with Gasteiger partial charge in [0.15, 0.2) is 0 Å². The highest BCUT2D eigenvalue weighted by Gasteiger charge is 2.18. The van der Waals surface area contributed by atoms with E-state index < -0.39 is 0 Å². The van der Waals surface area contributed by atoms with Gasteiger partial charge in [-0.15, -0.1) is 6.42 Å². The Morgan fingerprint density at radius 3 is 2.77 bits per heavy atom. The van der Waals surface area contributed by atoms with Crippen LogP contribution in [0.25, 0.3) is 0 Å². The van der Waals surface area contributed by atoms with Crippen LogP contribution in [-0.2, 0) is 5.41 Å². The molecule has 0 atom stereocenters. The van der Waals surface area contributed by atoms with Crippen LogP contribution >= 0.6 is 11.8 Å². The maximum absolute atomic E-state index is 5.51. The average molecular weight is 195 g/mol. The van der Waals surface area contributed by atoms with Crippen LogP contribution in [0, 0.1) is 12.3 Å². The van der Waals surface area contributed by atoms with Crippen LogP contribution in [0.3, 0.4) is 0 Å². The second-order valence-corrected chi connectivity index (χ2v) is 4.66. The third-order valence-corrected chi connectivity index (χ3v) is 2.25. The maximum Gasteiger partial charge on any atom is 0.256 e. The van der Waals surface area contributed by atoms with E-state index in [1.807, 2.05) is 0 Å². The van der Waals surface area contributed by atoms with E-state index in [-0.39, 0.29) is 5.41 Å². The zero-order valence-corrected chi connectivity index (χ0v) is 8.94. The standard InChI is InChI=1S/C10H13NOS/c1-5-6-13-9-11-7-8(12-9)10(2,3)4/h1,7H,6H2,2-4H3. The topological polar surface area (TPSA) is 26.0 Å². The van der Waals surface area contributed by atoms with E-state index in [2.05, 4.69) is 31.7 Å². The van der Waals surface area contributed by atoms with Gasteiger partial charge in [-0.1, -0.05) is 38.5 Å². The predicted octanol–water partition coefficient (Wildman–Crippen LogP) is 2.70. The molecule has 0 radical (unpaired) electrons. The summed E-state index contributed by atoms with van der Waals surface area (Å²) in [5.41, 5.74) is 0.0158. The van der Waals surface area contributed by atoms with E-state index >= 15 is 0 Å². The summed E-state index contributed by atoms with van der Waals surface area (Å²) in [5.74, 6) is 4.02. The van der Waals surface area contributed by atoms with Crippen molar-refractivity contribution in [1.29, 1.82) is 0 Å². The molecule has 0 spiro atoms. The Morgan fingerprint density at radius 2 is 2.31 bits per heavy atom. The first kappa shape index (κ1) is 10.2. The first-order valence-corrected chi connectivity index (χ1v) is 5.05. The number of oxazole rings is 1. The van der Waals surface area contributed by atoms with Crippen molar-refractivity contribution in [2.45, 2.75) is 31.4 Å². The molecule has 0 saturated heterocycles. The molecule has 0 fully saturated rings. The van der Waals surface area contributed by atoms with Gasteiger partial charge in [-0.3, -0.25) is 0 Å². The van der Waals surface area contributed by atoms with Gasteiger partial charge in [0.1, 0.15) is 5.76 Å². The van der Waals surface area contributed by atoms with Gasteiger partial charge in [0.25, 0.3) is 5.22 Å². The van der Waals surface area contributed by atoms with E-state index in [1.54, 1.807) is 6.20 Å². The summed E-state index contributed by atoms with van der Waals surface area (Å²) in [6, 6.07) is 0. The van der Waals surface area contributed by atoms with Gasteiger partial charge in [-0.25, -0.2) is 4.98 Å². The molecule has 0 amide bonds. The molecule has 70 valence electrons. The van der Waals surface area contributed by atoms with Crippen molar-refractivity contribution in [2.75, 3.05) is 5.75 Å². The molecule has 0 bridgehead atoms. The molecule has 0 aliphatic carbocycles. The quantitative estimate of drug-likeness (QED) is 0.536. The Kier molecular flexibility index (Phi) is 3.05. The van der Waals surface area contributed by atoms with Crippen LogP contribution in [-0.4, -0.2) is 10.7 Å². The molecule has 3 heteroatoms. The van der Waals surface area contributed by atoms with Crippen LogP contribution in [0.15, 0.2) is 15.8 Å². The summed E-state index contributed by atoms with van der Waals surface area (Å²) in [6.07, 6.45) is 6.89. The smallest absolute Gasteiger partial charge is 0.256 e. The lowest BCUT2D eigenvalue weighted by Crippen LogP contribution is -2.09. The molecule has 1 aromatic heterocycles. The van der Waals surface area contributed by atoms with Crippen LogP contribution in [0.4, 0.5) is 0 Å². The zero-order chi connectivity index (χ0) is 9.90. The molecule has 0 aliphatic heterocycles. The van der Waals surface area contributed by atoms with E-state index in [1.165, 1.54) is 11.8 Å². The van der Waals surface area contributed by atoms with Crippen LogP contribution in [0.2, 0.25) is 0 Å². The lowest BCUT2D eigenvalue weighted by molar-refractivity contribution is 0.355. The van der Waals surface area contributed by atoms with Gasteiger partial charge >= 0.3 is 0 Å². The summed E-state index contributed by atoms with van der Waals surface area (Å²) in [4.78, 5) is 4.12. The predicted molar refractivity (Wildman–Crippen MR) is 54.8 cm³/mol. The molecule has 2 nitrogen and oxygen atoms in total. The fourth-order valence-corrected chi connectivity index (χ4v) is 1.26. The summed E-state index contributed by atoms with van der Waals surface area (Å²) >= 11 is 1.44. The van der Waals surface area contributed by atoms with Gasteiger partial charge < -0.3 is 4.42 Å². The molecular formula is C10H13NOS. The third kappa shape index (κ3) is 2.82. The summed E-state index contributed by atoms with van der Waals surface area (Å²) in [6.45, 7) is 6.26. The Labute approximate surface area is 83.1 Å². The molecular weight excluding hydrogens is 182 g/mol. The van der Waals surface area contributed by atoms with Crippen LogP contribution in [0.5, 0.6) is 0 Å². The van der Waals surface area contributed by atoms with E-state index in [4.69, 9.17) is 10.8 Å². The van der Waals surface area contributed by atoms with Gasteiger partial charge in [0, 0.05) is 5.41 Å². The first-order chi connectivity index (χ1) is 6.04. The van der Waals surface area contributed by atoms with E-state index in [9.17, 15) is 0 Å². The summed E-state index contributed by atoms with van der Waals surface area (Å²) in [7, 11) is 0. The minimum absolute atomic E-state index is 0.0158. The molecule has 13 heavy (non-hydrogen) atoms.